The number of para-hydroxylation sites is 1. The first kappa shape index (κ1) is 22.8. The highest BCUT2D eigenvalue weighted by molar-refractivity contribution is 7.92. The highest BCUT2D eigenvalue weighted by Crippen LogP contribution is 2.28. The lowest BCUT2D eigenvalue weighted by Crippen LogP contribution is -2.32. The van der Waals surface area contributed by atoms with Crippen molar-refractivity contribution in [3.63, 3.8) is 0 Å². The summed E-state index contributed by atoms with van der Waals surface area (Å²) in [5.74, 6) is -1.11. The first-order valence-electron chi connectivity index (χ1n) is 8.92. The lowest BCUT2D eigenvalue weighted by molar-refractivity contribution is -0.384. The van der Waals surface area contributed by atoms with Crippen LogP contribution in [0, 0.1) is 17.0 Å². The maximum atomic E-state index is 12.3. The van der Waals surface area contributed by atoms with Crippen LogP contribution in [0.25, 0.3) is 0 Å². The van der Waals surface area contributed by atoms with Crippen LogP contribution in [0.2, 0.25) is 0 Å². The first-order valence-corrected chi connectivity index (χ1v) is 10.8. The molecule has 2 amide bonds. The Kier molecular flexibility index (Phi) is 7.11. The molecule has 0 aliphatic heterocycles. The molecule has 0 radical (unpaired) electrons. The van der Waals surface area contributed by atoms with E-state index in [1.165, 1.54) is 30.3 Å². The van der Waals surface area contributed by atoms with Gasteiger partial charge in [-0.05, 0) is 31.0 Å². The summed E-state index contributed by atoms with van der Waals surface area (Å²) in [5, 5.41) is 13.6. The fourth-order valence-corrected chi connectivity index (χ4v) is 3.86. The number of sulfonamides is 1. The van der Waals surface area contributed by atoms with Gasteiger partial charge in [0.25, 0.3) is 11.6 Å². The Morgan fingerprint density at radius 3 is 2.47 bits per heavy atom. The number of hydrogen-bond donors (Lipinski definition) is 2. The number of carbonyl (C=O) groups is 2. The number of rotatable bonds is 9. The van der Waals surface area contributed by atoms with Crippen LogP contribution in [0.5, 0.6) is 0 Å². The molecule has 0 aromatic heterocycles. The third-order valence-corrected chi connectivity index (χ3v) is 5.48. The highest BCUT2D eigenvalue weighted by atomic mass is 32.2. The molecule has 0 saturated heterocycles. The maximum Gasteiger partial charge on any atom is 0.271 e. The van der Waals surface area contributed by atoms with Crippen molar-refractivity contribution in [2.45, 2.75) is 19.8 Å². The van der Waals surface area contributed by atoms with Crippen LogP contribution in [0.3, 0.4) is 0 Å². The van der Waals surface area contributed by atoms with Gasteiger partial charge in [0.1, 0.15) is 0 Å². The largest absolute Gasteiger partial charge is 0.366 e. The van der Waals surface area contributed by atoms with Crippen molar-refractivity contribution >= 4 is 38.9 Å². The minimum absolute atomic E-state index is 0.0346. The van der Waals surface area contributed by atoms with Crippen LogP contribution in [-0.2, 0) is 14.8 Å². The van der Waals surface area contributed by atoms with Gasteiger partial charge in [-0.15, -0.1) is 0 Å². The second kappa shape index (κ2) is 9.35. The molecule has 0 saturated carbocycles. The number of nitrogens with zero attached hydrogens (tertiary/aromatic N) is 2. The number of amides is 2. The predicted octanol–water partition coefficient (Wildman–Crippen LogP) is 2.19. The van der Waals surface area contributed by atoms with Gasteiger partial charge in [0, 0.05) is 25.1 Å². The lowest BCUT2D eigenvalue weighted by atomic mass is 10.1. The summed E-state index contributed by atoms with van der Waals surface area (Å²) < 4.78 is 25.6. The number of primary amides is 1. The monoisotopic (exact) mass is 434 g/mol. The van der Waals surface area contributed by atoms with Gasteiger partial charge in [-0.25, -0.2) is 8.42 Å². The van der Waals surface area contributed by atoms with E-state index in [1.54, 1.807) is 19.1 Å². The average molecular weight is 434 g/mol. The van der Waals surface area contributed by atoms with E-state index in [9.17, 15) is 28.1 Å². The number of carbonyl (C=O) groups excluding carboxylic acids is 2. The van der Waals surface area contributed by atoms with Gasteiger partial charge in [-0.3, -0.25) is 24.0 Å². The highest BCUT2D eigenvalue weighted by Gasteiger charge is 2.22. The minimum atomic E-state index is -3.74. The van der Waals surface area contributed by atoms with Gasteiger partial charge < -0.3 is 11.1 Å². The summed E-state index contributed by atoms with van der Waals surface area (Å²) in [6, 6.07) is 10.2. The van der Waals surface area contributed by atoms with E-state index in [2.05, 4.69) is 5.32 Å². The van der Waals surface area contributed by atoms with Gasteiger partial charge in [-0.2, -0.15) is 0 Å². The molecule has 0 fully saturated rings. The molecule has 3 N–H and O–H groups in total. The number of aryl methyl sites for hydroxylation is 1. The molecule has 2 rings (SSSR count). The molecular formula is C19H22N4O6S. The number of nitro benzene ring substituents is 1. The molecule has 30 heavy (non-hydrogen) atoms. The van der Waals surface area contributed by atoms with Crippen LogP contribution >= 0.6 is 0 Å². The summed E-state index contributed by atoms with van der Waals surface area (Å²) in [7, 11) is -3.74. The van der Waals surface area contributed by atoms with Crippen LogP contribution in [0.1, 0.15) is 28.8 Å². The van der Waals surface area contributed by atoms with Gasteiger partial charge in [-0.1, -0.05) is 18.2 Å². The lowest BCUT2D eigenvalue weighted by Gasteiger charge is -2.24. The number of hydrogen-bond acceptors (Lipinski definition) is 6. The first-order chi connectivity index (χ1) is 14.0. The fraction of sp³-hybridized carbons (Fsp3) is 0.263. The Balaban J connectivity index is 2.12. The summed E-state index contributed by atoms with van der Waals surface area (Å²) >= 11 is 0. The van der Waals surface area contributed by atoms with Gasteiger partial charge in [0.05, 0.1) is 28.1 Å². The summed E-state index contributed by atoms with van der Waals surface area (Å²) in [5.41, 5.74) is 6.21. The minimum Gasteiger partial charge on any atom is -0.366 e. The summed E-state index contributed by atoms with van der Waals surface area (Å²) in [6.45, 7) is 1.59. The van der Waals surface area contributed by atoms with Gasteiger partial charge in [0.15, 0.2) is 0 Å². The SMILES string of the molecule is Cc1ccc([N+](=O)[O-])cc1N(CCCC(=O)Nc1ccccc1C(N)=O)S(C)(=O)=O. The zero-order valence-corrected chi connectivity index (χ0v) is 17.3. The van der Waals surface area contributed by atoms with Crippen molar-refractivity contribution in [2.75, 3.05) is 22.4 Å². The molecule has 0 aliphatic rings. The molecule has 10 nitrogen and oxygen atoms in total. The van der Waals surface area contributed by atoms with E-state index >= 15 is 0 Å². The second-order valence-corrected chi connectivity index (χ2v) is 8.53. The zero-order chi connectivity index (χ0) is 22.5. The molecule has 0 unspecified atom stereocenters. The molecule has 0 atom stereocenters. The summed E-state index contributed by atoms with van der Waals surface area (Å²) in [6.07, 6.45) is 1.11. The third-order valence-electron chi connectivity index (χ3n) is 4.30. The number of non-ortho nitro benzene ring substituents is 1. The van der Waals surface area contributed by atoms with E-state index < -0.39 is 26.8 Å². The van der Waals surface area contributed by atoms with Crippen LogP contribution < -0.4 is 15.4 Å². The molecule has 160 valence electrons. The molecule has 0 heterocycles. The molecule has 11 heteroatoms. The molecule has 0 spiro atoms. The standard InChI is InChI=1S/C19H22N4O6S/c1-13-9-10-14(23(26)27)12-17(13)22(30(2,28)29)11-5-8-18(24)21-16-7-4-3-6-15(16)19(20)25/h3-4,6-7,9-10,12H,5,8,11H2,1-2H3,(H2,20,25)(H,21,24). The van der Waals surface area contributed by atoms with Crippen LogP contribution in [0.4, 0.5) is 17.1 Å². The van der Waals surface area contributed by atoms with E-state index in [4.69, 9.17) is 5.73 Å². The van der Waals surface area contributed by atoms with Crippen LogP contribution in [0.15, 0.2) is 42.5 Å². The van der Waals surface area contributed by atoms with Crippen molar-refractivity contribution in [2.24, 2.45) is 5.73 Å². The van der Waals surface area contributed by atoms with E-state index in [0.29, 0.717) is 5.56 Å². The van der Waals surface area contributed by atoms with E-state index in [0.717, 1.165) is 10.6 Å². The van der Waals surface area contributed by atoms with Crippen LogP contribution in [-0.4, -0.2) is 38.0 Å². The summed E-state index contributed by atoms with van der Waals surface area (Å²) in [4.78, 5) is 34.1. The van der Waals surface area contributed by atoms with Crippen molar-refractivity contribution in [1.29, 1.82) is 0 Å². The topological polar surface area (TPSA) is 153 Å². The third kappa shape index (κ3) is 5.77. The quantitative estimate of drug-likeness (QED) is 0.456. The van der Waals surface area contributed by atoms with Gasteiger partial charge in [0.2, 0.25) is 15.9 Å². The molecule has 0 aliphatic carbocycles. The Morgan fingerprint density at radius 2 is 1.87 bits per heavy atom. The molecule has 2 aromatic rings. The van der Waals surface area contributed by atoms with E-state index in [-0.39, 0.29) is 42.0 Å². The number of nitro groups is 1. The Hall–Kier alpha value is -3.47. The maximum absolute atomic E-state index is 12.3. The molecule has 0 bridgehead atoms. The number of benzene rings is 2. The second-order valence-electron chi connectivity index (χ2n) is 6.62. The number of nitrogens with two attached hydrogens (primary N) is 1. The predicted molar refractivity (Wildman–Crippen MR) is 113 cm³/mol. The Bertz CT molecular complexity index is 1080. The zero-order valence-electron chi connectivity index (χ0n) is 16.5. The van der Waals surface area contributed by atoms with Crippen molar-refractivity contribution in [3.8, 4) is 0 Å². The molecule has 2 aromatic carbocycles. The Morgan fingerprint density at radius 1 is 1.20 bits per heavy atom. The molecular weight excluding hydrogens is 412 g/mol. The normalized spacial score (nSPS) is 11.0. The van der Waals surface area contributed by atoms with Crippen molar-refractivity contribution < 1.29 is 22.9 Å². The number of anilines is 2. The Labute approximate surface area is 173 Å². The van der Waals surface area contributed by atoms with Crippen molar-refractivity contribution in [1.82, 2.24) is 0 Å². The average Bonchev–Trinajstić information content (AvgIpc) is 2.65. The van der Waals surface area contributed by atoms with Crippen molar-refractivity contribution in [3.05, 3.63) is 63.7 Å². The fourth-order valence-electron chi connectivity index (χ4n) is 2.85. The van der Waals surface area contributed by atoms with Gasteiger partial charge >= 0.3 is 0 Å². The smallest absolute Gasteiger partial charge is 0.271 e. The number of nitrogens with one attached hydrogen (secondary N) is 1. The van der Waals surface area contributed by atoms with E-state index in [1.807, 2.05) is 0 Å².